The van der Waals surface area contributed by atoms with Crippen LogP contribution in [-0.2, 0) is 0 Å². The van der Waals surface area contributed by atoms with Gasteiger partial charge in [-0.1, -0.05) is 6.92 Å². The van der Waals surface area contributed by atoms with Crippen molar-refractivity contribution in [3.8, 4) is 0 Å². The van der Waals surface area contributed by atoms with Crippen LogP contribution in [0, 0.1) is 5.41 Å². The van der Waals surface area contributed by atoms with Gasteiger partial charge in [-0.15, -0.1) is 0 Å². The molecular formula is C20H33N9S2. The minimum atomic E-state index is -0.321. The van der Waals surface area contributed by atoms with Gasteiger partial charge in [0.1, 0.15) is 0 Å². The molecule has 0 aliphatic carbocycles. The predicted octanol–water partition coefficient (Wildman–Crippen LogP) is -0.110. The Morgan fingerprint density at radius 3 is 1.84 bits per heavy atom. The number of fused-ring (bicyclic) bond motifs is 12. The topological polar surface area (TPSA) is 109 Å². The first-order chi connectivity index (χ1) is 15.0. The quantitative estimate of drug-likeness (QED) is 0.229. The molecule has 3 saturated heterocycles. The number of benzene rings is 1. The van der Waals surface area contributed by atoms with Gasteiger partial charge in [0.2, 0.25) is 0 Å². The van der Waals surface area contributed by atoms with E-state index >= 15 is 0 Å². The van der Waals surface area contributed by atoms with Gasteiger partial charge in [0.15, 0.2) is 5.11 Å². The van der Waals surface area contributed by atoms with E-state index in [1.165, 1.54) is 0 Å². The molecular weight excluding hydrogens is 430 g/mol. The Bertz CT molecular complexity index is 726. The average Bonchev–Trinajstić information content (AvgIpc) is 2.72. The Morgan fingerprint density at radius 1 is 0.871 bits per heavy atom. The molecule has 3 aliphatic heterocycles. The summed E-state index contributed by atoms with van der Waals surface area (Å²) in [5, 5.41) is 31.0. The van der Waals surface area contributed by atoms with Crippen LogP contribution in [0.25, 0.3) is 0 Å². The van der Waals surface area contributed by atoms with Crippen molar-refractivity contribution in [1.82, 2.24) is 37.2 Å². The molecule has 0 spiro atoms. The van der Waals surface area contributed by atoms with Gasteiger partial charge in [0, 0.05) is 70.4 Å². The molecule has 0 aromatic heterocycles. The lowest BCUT2D eigenvalue weighted by molar-refractivity contribution is 0.234. The highest BCUT2D eigenvalue weighted by molar-refractivity contribution is 7.80. The van der Waals surface area contributed by atoms with Crippen LogP contribution < -0.4 is 42.5 Å². The first-order valence-electron chi connectivity index (χ1n) is 10.5. The van der Waals surface area contributed by atoms with Crippen LogP contribution in [0.15, 0.2) is 29.3 Å². The highest BCUT2D eigenvalue weighted by Crippen LogP contribution is 2.16. The van der Waals surface area contributed by atoms with E-state index in [0.717, 1.165) is 70.6 Å². The van der Waals surface area contributed by atoms with Crippen LogP contribution in [0.5, 0.6) is 0 Å². The van der Waals surface area contributed by atoms with E-state index in [-0.39, 0.29) is 11.0 Å². The van der Waals surface area contributed by atoms with Crippen molar-refractivity contribution < 1.29 is 0 Å². The maximum absolute atomic E-state index is 5.66. The zero-order valence-electron chi connectivity index (χ0n) is 17.9. The van der Waals surface area contributed by atoms with E-state index in [0.29, 0.717) is 5.11 Å². The molecule has 11 heteroatoms. The SMILES string of the molecule is CC12CNCNCC(NC(=S)Nc3ccc(N=C=S)cc3)(CNCNC1)CNCNC2. The summed E-state index contributed by atoms with van der Waals surface area (Å²) in [5.41, 5.74) is 1.46. The van der Waals surface area contributed by atoms with Gasteiger partial charge in [0.05, 0.1) is 16.4 Å². The highest BCUT2D eigenvalue weighted by atomic mass is 32.1. The van der Waals surface area contributed by atoms with Crippen LogP contribution in [0.3, 0.4) is 0 Å². The van der Waals surface area contributed by atoms with Crippen molar-refractivity contribution in [2.45, 2.75) is 12.5 Å². The Balaban J connectivity index is 1.69. The van der Waals surface area contributed by atoms with Gasteiger partial charge >= 0.3 is 0 Å². The van der Waals surface area contributed by atoms with Crippen molar-refractivity contribution in [2.75, 3.05) is 64.6 Å². The summed E-state index contributed by atoms with van der Waals surface area (Å²) in [4.78, 5) is 3.98. The lowest BCUT2D eigenvalue weighted by Crippen LogP contribution is -2.67. The zero-order chi connectivity index (χ0) is 22.0. The van der Waals surface area contributed by atoms with Gasteiger partial charge in [-0.2, -0.15) is 4.99 Å². The number of anilines is 1. The number of rotatable bonds is 3. The minimum absolute atomic E-state index is 0.133. The second-order valence-electron chi connectivity index (χ2n) is 8.51. The fraction of sp³-hybridized carbons (Fsp3) is 0.600. The Kier molecular flexibility index (Phi) is 9.27. The fourth-order valence-corrected chi connectivity index (χ4v) is 4.29. The van der Waals surface area contributed by atoms with E-state index in [2.05, 4.69) is 71.8 Å². The largest absolute Gasteiger partial charge is 0.353 e. The van der Waals surface area contributed by atoms with Crippen molar-refractivity contribution in [1.29, 1.82) is 0 Å². The molecule has 8 N–H and O–H groups in total. The van der Waals surface area contributed by atoms with Crippen LogP contribution >= 0.6 is 24.4 Å². The second-order valence-corrected chi connectivity index (χ2v) is 9.10. The Morgan fingerprint density at radius 2 is 1.35 bits per heavy atom. The van der Waals surface area contributed by atoms with E-state index in [4.69, 9.17) is 12.2 Å². The van der Waals surface area contributed by atoms with E-state index < -0.39 is 0 Å². The molecule has 3 fully saturated rings. The Hall–Kier alpha value is -1.53. The average molecular weight is 464 g/mol. The summed E-state index contributed by atoms with van der Waals surface area (Å²) in [5.74, 6) is 0. The van der Waals surface area contributed by atoms with Crippen LogP contribution in [0.4, 0.5) is 11.4 Å². The third-order valence-electron chi connectivity index (χ3n) is 5.47. The molecule has 0 amide bonds. The standard InChI is InChI=1S/C20H33N9S2/c1-19-6-21-12-24-9-20(10-25-13-22-7-19,11-26-14-23-8-19)29-18(31)28-17-4-2-16(3-5-17)27-15-30/h2-5,21-26H,6-14H2,1H3,(H2,28,29,31). The third kappa shape index (κ3) is 7.83. The summed E-state index contributed by atoms with van der Waals surface area (Å²) >= 11 is 10.3. The first-order valence-corrected chi connectivity index (χ1v) is 11.4. The number of nitrogens with zero attached hydrogens (tertiary/aromatic N) is 1. The molecule has 3 aliphatic rings. The van der Waals surface area contributed by atoms with Crippen molar-refractivity contribution in [2.24, 2.45) is 10.4 Å². The molecule has 2 bridgehead atoms. The predicted molar refractivity (Wildman–Crippen MR) is 134 cm³/mol. The lowest BCUT2D eigenvalue weighted by atomic mass is 9.90. The van der Waals surface area contributed by atoms with Gasteiger partial charge in [-0.05, 0) is 48.7 Å². The molecule has 1 aromatic carbocycles. The van der Waals surface area contributed by atoms with Crippen molar-refractivity contribution in [3.05, 3.63) is 24.3 Å². The van der Waals surface area contributed by atoms with Crippen LogP contribution in [0.2, 0.25) is 0 Å². The maximum Gasteiger partial charge on any atom is 0.171 e. The molecule has 0 radical (unpaired) electrons. The lowest BCUT2D eigenvalue weighted by Gasteiger charge is -2.39. The number of hydrogen-bond acceptors (Lipinski definition) is 9. The van der Waals surface area contributed by atoms with Gasteiger partial charge in [-0.3, -0.25) is 0 Å². The smallest absolute Gasteiger partial charge is 0.171 e. The number of thiocarbonyl (C=S) groups is 2. The zero-order valence-corrected chi connectivity index (χ0v) is 19.6. The van der Waals surface area contributed by atoms with E-state index in [1.807, 2.05) is 24.3 Å². The number of nitrogens with one attached hydrogen (secondary N) is 8. The molecule has 0 atom stereocenters. The van der Waals surface area contributed by atoms with Crippen molar-refractivity contribution in [3.63, 3.8) is 0 Å². The van der Waals surface area contributed by atoms with E-state index in [9.17, 15) is 0 Å². The van der Waals surface area contributed by atoms with Crippen molar-refractivity contribution >= 4 is 46.1 Å². The molecule has 1 aromatic rings. The van der Waals surface area contributed by atoms with Crippen LogP contribution in [0.1, 0.15) is 6.92 Å². The molecule has 3 heterocycles. The molecule has 9 nitrogen and oxygen atoms in total. The monoisotopic (exact) mass is 463 g/mol. The number of aliphatic imine (C=N–C) groups is 1. The molecule has 0 unspecified atom stereocenters. The minimum Gasteiger partial charge on any atom is -0.353 e. The third-order valence-corrected chi connectivity index (χ3v) is 5.77. The summed E-state index contributed by atoms with van der Waals surface area (Å²) in [6.45, 7) is 9.48. The summed E-state index contributed by atoms with van der Waals surface area (Å²) < 4.78 is 0. The van der Waals surface area contributed by atoms with Gasteiger partial charge in [0.25, 0.3) is 0 Å². The van der Waals surface area contributed by atoms with E-state index in [1.54, 1.807) is 0 Å². The molecule has 170 valence electrons. The maximum atomic E-state index is 5.66. The van der Waals surface area contributed by atoms with Crippen LogP contribution in [-0.4, -0.2) is 75.1 Å². The van der Waals surface area contributed by atoms with Gasteiger partial charge < -0.3 is 42.5 Å². The first kappa shape index (κ1) is 24.1. The number of hydrogen-bond donors (Lipinski definition) is 8. The highest BCUT2D eigenvalue weighted by Gasteiger charge is 2.32. The molecule has 4 rings (SSSR count). The molecule has 0 saturated carbocycles. The Labute approximate surface area is 195 Å². The summed E-state index contributed by atoms with van der Waals surface area (Å²) in [6, 6.07) is 7.58. The molecule has 31 heavy (non-hydrogen) atoms. The normalized spacial score (nSPS) is 27.9. The fourth-order valence-electron chi connectivity index (χ4n) is 3.85. The van der Waals surface area contributed by atoms with Gasteiger partial charge in [-0.25, -0.2) is 0 Å². The second kappa shape index (κ2) is 11.9. The number of isothiocyanates is 1. The summed E-state index contributed by atoms with van der Waals surface area (Å²) in [6.07, 6.45) is 0. The summed E-state index contributed by atoms with van der Waals surface area (Å²) in [7, 11) is 0.